The fourth-order valence-corrected chi connectivity index (χ4v) is 1.86. The number of carbonyl (C=O) groups excluding carboxylic acids is 1. The van der Waals surface area contributed by atoms with Crippen molar-refractivity contribution in [3.8, 4) is 0 Å². The van der Waals surface area contributed by atoms with Crippen LogP contribution in [0.3, 0.4) is 0 Å². The van der Waals surface area contributed by atoms with E-state index in [4.69, 9.17) is 10.5 Å². The van der Waals surface area contributed by atoms with Crippen molar-refractivity contribution in [3.05, 3.63) is 23.8 Å². The van der Waals surface area contributed by atoms with E-state index < -0.39 is 0 Å². The molecule has 0 bridgehead atoms. The van der Waals surface area contributed by atoms with Gasteiger partial charge in [-0.1, -0.05) is 0 Å². The number of anilines is 2. The van der Waals surface area contributed by atoms with E-state index in [2.05, 4.69) is 4.90 Å². The Morgan fingerprint density at radius 3 is 2.82 bits per heavy atom. The summed E-state index contributed by atoms with van der Waals surface area (Å²) in [5.74, 6) is 0.420. The van der Waals surface area contributed by atoms with E-state index in [1.54, 1.807) is 12.1 Å². The molecule has 2 rings (SSSR count). The van der Waals surface area contributed by atoms with E-state index >= 15 is 0 Å². The van der Waals surface area contributed by atoms with Crippen LogP contribution in [0.2, 0.25) is 0 Å². The molecule has 92 valence electrons. The first-order valence-electron chi connectivity index (χ1n) is 5.80. The van der Waals surface area contributed by atoms with E-state index in [0.29, 0.717) is 11.3 Å². The first-order chi connectivity index (χ1) is 8.11. The summed E-state index contributed by atoms with van der Waals surface area (Å²) in [6.45, 7) is 1.03. The normalized spacial score (nSPS) is 14.5. The first kappa shape index (κ1) is 11.8. The summed E-state index contributed by atoms with van der Waals surface area (Å²) in [7, 11) is 3.40. The molecule has 1 saturated carbocycles. The van der Waals surface area contributed by atoms with Gasteiger partial charge in [0, 0.05) is 25.0 Å². The van der Waals surface area contributed by atoms with Crippen LogP contribution < -0.4 is 10.6 Å². The molecule has 0 radical (unpaired) electrons. The van der Waals surface area contributed by atoms with E-state index in [1.807, 2.05) is 13.1 Å². The maximum Gasteiger partial charge on any atom is 0.340 e. The molecule has 0 saturated heterocycles. The highest BCUT2D eigenvalue weighted by Gasteiger charge is 2.23. The van der Waals surface area contributed by atoms with Crippen molar-refractivity contribution in [3.63, 3.8) is 0 Å². The third kappa shape index (κ3) is 2.70. The molecule has 0 atom stereocenters. The zero-order valence-corrected chi connectivity index (χ0v) is 10.3. The Morgan fingerprint density at radius 2 is 2.24 bits per heavy atom. The maximum atomic E-state index is 11.5. The molecule has 0 amide bonds. The summed E-state index contributed by atoms with van der Waals surface area (Å²) in [5.41, 5.74) is 7.66. The highest BCUT2D eigenvalue weighted by atomic mass is 16.5. The molecule has 1 aromatic rings. The molecule has 1 fully saturated rings. The molecule has 0 aromatic heterocycles. The number of nitrogens with zero attached hydrogens (tertiary/aromatic N) is 1. The van der Waals surface area contributed by atoms with Gasteiger partial charge in [-0.05, 0) is 37.0 Å². The molecule has 0 heterocycles. The molecular weight excluding hydrogens is 216 g/mol. The van der Waals surface area contributed by atoms with Gasteiger partial charge in [0.25, 0.3) is 0 Å². The Hall–Kier alpha value is -1.71. The molecule has 1 aliphatic carbocycles. The molecule has 1 aliphatic rings. The fourth-order valence-electron chi connectivity index (χ4n) is 1.86. The predicted octanol–water partition coefficient (Wildman–Crippen LogP) is 1.90. The van der Waals surface area contributed by atoms with Crippen molar-refractivity contribution in [2.75, 3.05) is 31.3 Å². The monoisotopic (exact) mass is 234 g/mol. The van der Waals surface area contributed by atoms with Crippen molar-refractivity contribution in [1.82, 2.24) is 0 Å². The van der Waals surface area contributed by atoms with Crippen LogP contribution in [-0.4, -0.2) is 26.7 Å². The molecule has 4 nitrogen and oxygen atoms in total. The number of hydrogen-bond donors (Lipinski definition) is 1. The van der Waals surface area contributed by atoms with Gasteiger partial charge in [-0.2, -0.15) is 0 Å². The van der Waals surface area contributed by atoms with Gasteiger partial charge < -0.3 is 15.4 Å². The number of methoxy groups -OCH3 is 1. The highest BCUT2D eigenvalue weighted by molar-refractivity contribution is 5.96. The minimum absolute atomic E-state index is 0.385. The first-order valence-corrected chi connectivity index (χ1v) is 5.80. The second kappa shape index (κ2) is 4.65. The lowest BCUT2D eigenvalue weighted by Gasteiger charge is -2.20. The van der Waals surface area contributed by atoms with Crippen molar-refractivity contribution in [2.24, 2.45) is 5.92 Å². The summed E-state index contributed by atoms with van der Waals surface area (Å²) in [5, 5.41) is 0. The molecule has 4 heteroatoms. The summed E-state index contributed by atoms with van der Waals surface area (Å²) in [4.78, 5) is 13.7. The lowest BCUT2D eigenvalue weighted by Crippen LogP contribution is -2.20. The summed E-state index contributed by atoms with van der Waals surface area (Å²) < 4.78 is 4.71. The SMILES string of the molecule is COC(=O)c1cc(N(C)CC2CC2)ccc1N. The maximum absolute atomic E-state index is 11.5. The van der Waals surface area contributed by atoms with Crippen LogP contribution in [0.15, 0.2) is 18.2 Å². The minimum Gasteiger partial charge on any atom is -0.465 e. The Labute approximate surface area is 101 Å². The number of hydrogen-bond acceptors (Lipinski definition) is 4. The van der Waals surface area contributed by atoms with Gasteiger partial charge in [-0.3, -0.25) is 0 Å². The standard InChI is InChI=1S/C13H18N2O2/c1-15(8-9-3-4-9)10-5-6-12(14)11(7-10)13(16)17-2/h5-7,9H,3-4,8,14H2,1-2H3. The molecular formula is C13H18N2O2. The van der Waals surface area contributed by atoms with Crippen molar-refractivity contribution >= 4 is 17.3 Å². The zero-order chi connectivity index (χ0) is 12.4. The van der Waals surface area contributed by atoms with Gasteiger partial charge >= 0.3 is 5.97 Å². The van der Waals surface area contributed by atoms with Crippen molar-refractivity contribution in [1.29, 1.82) is 0 Å². The lowest BCUT2D eigenvalue weighted by atomic mass is 10.1. The molecule has 17 heavy (non-hydrogen) atoms. The largest absolute Gasteiger partial charge is 0.465 e. The Morgan fingerprint density at radius 1 is 1.53 bits per heavy atom. The van der Waals surface area contributed by atoms with Crippen LogP contribution in [0.4, 0.5) is 11.4 Å². The minimum atomic E-state index is -0.385. The third-order valence-corrected chi connectivity index (χ3v) is 3.11. The van der Waals surface area contributed by atoms with Crippen LogP contribution >= 0.6 is 0 Å². The van der Waals surface area contributed by atoms with E-state index in [-0.39, 0.29) is 5.97 Å². The average Bonchev–Trinajstić information content (AvgIpc) is 3.12. The molecule has 0 unspecified atom stereocenters. The van der Waals surface area contributed by atoms with Gasteiger partial charge in [0.1, 0.15) is 0 Å². The fraction of sp³-hybridized carbons (Fsp3) is 0.462. The van der Waals surface area contributed by atoms with Crippen LogP contribution in [0.25, 0.3) is 0 Å². The second-order valence-corrected chi connectivity index (χ2v) is 4.59. The number of nitrogen functional groups attached to an aromatic ring is 1. The van der Waals surface area contributed by atoms with Crippen molar-refractivity contribution in [2.45, 2.75) is 12.8 Å². The highest BCUT2D eigenvalue weighted by Crippen LogP contribution is 2.31. The molecule has 1 aromatic carbocycles. The summed E-state index contributed by atoms with van der Waals surface area (Å²) >= 11 is 0. The zero-order valence-electron chi connectivity index (χ0n) is 10.3. The number of ether oxygens (including phenoxy) is 1. The number of benzene rings is 1. The van der Waals surface area contributed by atoms with E-state index in [1.165, 1.54) is 20.0 Å². The summed E-state index contributed by atoms with van der Waals surface area (Å²) in [6, 6.07) is 5.48. The van der Waals surface area contributed by atoms with Crippen LogP contribution in [-0.2, 0) is 4.74 Å². The van der Waals surface area contributed by atoms with Gasteiger partial charge in [-0.15, -0.1) is 0 Å². The number of rotatable bonds is 4. The molecule has 0 aliphatic heterocycles. The van der Waals surface area contributed by atoms with Gasteiger partial charge in [0.15, 0.2) is 0 Å². The van der Waals surface area contributed by atoms with E-state index in [9.17, 15) is 4.79 Å². The Balaban J connectivity index is 2.19. The predicted molar refractivity (Wildman–Crippen MR) is 68.2 cm³/mol. The number of esters is 1. The molecule has 0 spiro atoms. The Kier molecular flexibility index (Phi) is 3.22. The van der Waals surface area contributed by atoms with E-state index in [0.717, 1.165) is 18.2 Å². The van der Waals surface area contributed by atoms with Crippen LogP contribution in [0.5, 0.6) is 0 Å². The van der Waals surface area contributed by atoms with Crippen LogP contribution in [0.1, 0.15) is 23.2 Å². The second-order valence-electron chi connectivity index (χ2n) is 4.59. The lowest BCUT2D eigenvalue weighted by molar-refractivity contribution is 0.0602. The molecule has 2 N–H and O–H groups in total. The summed E-state index contributed by atoms with van der Waals surface area (Å²) in [6.07, 6.45) is 2.62. The number of nitrogens with two attached hydrogens (primary N) is 1. The van der Waals surface area contributed by atoms with Gasteiger partial charge in [-0.25, -0.2) is 4.79 Å². The topological polar surface area (TPSA) is 55.6 Å². The smallest absolute Gasteiger partial charge is 0.340 e. The van der Waals surface area contributed by atoms with Gasteiger partial charge in [0.2, 0.25) is 0 Å². The average molecular weight is 234 g/mol. The Bertz CT molecular complexity index is 427. The van der Waals surface area contributed by atoms with Crippen LogP contribution in [0, 0.1) is 5.92 Å². The van der Waals surface area contributed by atoms with Crippen molar-refractivity contribution < 1.29 is 9.53 Å². The third-order valence-electron chi connectivity index (χ3n) is 3.11. The number of carbonyl (C=O) groups is 1. The quantitative estimate of drug-likeness (QED) is 0.638. The van der Waals surface area contributed by atoms with Gasteiger partial charge in [0.05, 0.1) is 12.7 Å².